The molecule has 2 amide bonds. The third-order valence-electron chi connectivity index (χ3n) is 5.66. The van der Waals surface area contributed by atoms with Crippen LogP contribution in [0.25, 0.3) is 0 Å². The number of hydrogen-bond acceptors (Lipinski definition) is 4. The van der Waals surface area contributed by atoms with Gasteiger partial charge in [-0.1, -0.05) is 18.2 Å². The fraction of sp³-hybridized carbons (Fsp3) is 0.500. The lowest BCUT2D eigenvalue weighted by atomic mass is 9.85. The van der Waals surface area contributed by atoms with E-state index >= 15 is 0 Å². The number of aromatic nitrogens is 3. The molecule has 2 aliphatic carbocycles. The summed E-state index contributed by atoms with van der Waals surface area (Å²) in [5.41, 5.74) is 1.73. The van der Waals surface area contributed by atoms with Gasteiger partial charge in [0, 0.05) is 24.3 Å². The molecule has 7 heteroatoms. The smallest absolute Gasteiger partial charge is 0.319 e. The van der Waals surface area contributed by atoms with E-state index in [9.17, 15) is 9.90 Å². The maximum atomic E-state index is 12.5. The lowest BCUT2D eigenvalue weighted by molar-refractivity contribution is 0.146. The summed E-state index contributed by atoms with van der Waals surface area (Å²) in [7, 11) is 0. The van der Waals surface area contributed by atoms with Gasteiger partial charge in [0.15, 0.2) is 0 Å². The predicted octanol–water partition coefficient (Wildman–Crippen LogP) is 1.85. The number of hydrogen-bond donors (Lipinski definition) is 3. The highest BCUT2D eigenvalue weighted by molar-refractivity contribution is 5.90. The van der Waals surface area contributed by atoms with E-state index in [0.717, 1.165) is 24.1 Å². The van der Waals surface area contributed by atoms with E-state index in [0.29, 0.717) is 18.4 Å². The molecule has 1 aromatic heterocycles. The zero-order valence-corrected chi connectivity index (χ0v) is 14.0. The van der Waals surface area contributed by atoms with Gasteiger partial charge in [0.1, 0.15) is 12.7 Å². The van der Waals surface area contributed by atoms with Crippen LogP contribution in [0.4, 0.5) is 10.5 Å². The number of aliphatic hydroxyl groups is 1. The quantitative estimate of drug-likeness (QED) is 0.774. The largest absolute Gasteiger partial charge is 0.396 e. The zero-order valence-electron chi connectivity index (χ0n) is 14.0. The van der Waals surface area contributed by atoms with Gasteiger partial charge in [0.2, 0.25) is 0 Å². The molecule has 132 valence electrons. The second-order valence-corrected chi connectivity index (χ2v) is 7.05. The van der Waals surface area contributed by atoms with Gasteiger partial charge in [-0.15, -0.1) is 0 Å². The molecule has 0 spiro atoms. The number of fused-ring (bicyclic) bond motifs is 2. The first-order valence-corrected chi connectivity index (χ1v) is 8.83. The van der Waals surface area contributed by atoms with E-state index in [2.05, 4.69) is 20.7 Å². The Morgan fingerprint density at radius 1 is 1.28 bits per heavy atom. The van der Waals surface area contributed by atoms with E-state index in [1.165, 1.54) is 12.7 Å². The van der Waals surface area contributed by atoms with Crippen LogP contribution < -0.4 is 10.6 Å². The number of carbonyl (C=O) groups excluding carboxylic acids is 1. The third-order valence-corrected chi connectivity index (χ3v) is 5.66. The molecule has 2 bridgehead atoms. The van der Waals surface area contributed by atoms with Gasteiger partial charge < -0.3 is 15.7 Å². The summed E-state index contributed by atoms with van der Waals surface area (Å²) < 4.78 is 1.72. The SMILES string of the molecule is O=C(Nc1ccccc1Cn1cncn1)NC1C2CCC(C2)C1CO. The van der Waals surface area contributed by atoms with E-state index in [-0.39, 0.29) is 24.6 Å². The van der Waals surface area contributed by atoms with Gasteiger partial charge in [-0.3, -0.25) is 0 Å². The molecule has 2 fully saturated rings. The van der Waals surface area contributed by atoms with E-state index in [1.54, 1.807) is 11.0 Å². The Bertz CT molecular complexity index is 733. The predicted molar refractivity (Wildman–Crippen MR) is 92.9 cm³/mol. The lowest BCUT2D eigenvalue weighted by Crippen LogP contribution is -2.46. The summed E-state index contributed by atoms with van der Waals surface area (Å²) in [6.07, 6.45) is 6.59. The Kier molecular flexibility index (Phi) is 4.40. The number of rotatable bonds is 5. The van der Waals surface area contributed by atoms with Crippen LogP contribution in [0, 0.1) is 17.8 Å². The topological polar surface area (TPSA) is 92.1 Å². The minimum atomic E-state index is -0.206. The number of nitrogens with zero attached hydrogens (tertiary/aromatic N) is 3. The van der Waals surface area contributed by atoms with Crippen LogP contribution >= 0.6 is 0 Å². The highest BCUT2D eigenvalue weighted by Crippen LogP contribution is 2.48. The van der Waals surface area contributed by atoms with Gasteiger partial charge in [-0.2, -0.15) is 5.10 Å². The van der Waals surface area contributed by atoms with Crippen LogP contribution in [0.2, 0.25) is 0 Å². The highest BCUT2D eigenvalue weighted by atomic mass is 16.3. The number of aliphatic hydroxyl groups excluding tert-OH is 1. The van der Waals surface area contributed by atoms with E-state index in [4.69, 9.17) is 0 Å². The normalized spacial score (nSPS) is 27.4. The average Bonchev–Trinajstić information content (AvgIpc) is 3.34. The van der Waals surface area contributed by atoms with Crippen molar-refractivity contribution < 1.29 is 9.90 Å². The van der Waals surface area contributed by atoms with Gasteiger partial charge >= 0.3 is 6.03 Å². The summed E-state index contributed by atoms with van der Waals surface area (Å²) in [6.45, 7) is 0.693. The second kappa shape index (κ2) is 6.84. The third kappa shape index (κ3) is 3.24. The number of para-hydroxylation sites is 1. The zero-order chi connectivity index (χ0) is 17.2. The van der Waals surface area contributed by atoms with Crippen molar-refractivity contribution in [2.24, 2.45) is 17.8 Å². The maximum absolute atomic E-state index is 12.5. The molecule has 1 heterocycles. The summed E-state index contributed by atoms with van der Waals surface area (Å²) in [5.74, 6) is 1.24. The molecule has 4 unspecified atom stereocenters. The number of benzene rings is 1. The molecular weight excluding hydrogens is 318 g/mol. The Balaban J connectivity index is 1.43. The number of anilines is 1. The Morgan fingerprint density at radius 2 is 2.12 bits per heavy atom. The fourth-order valence-electron chi connectivity index (χ4n) is 4.48. The number of carbonyl (C=O) groups is 1. The number of amides is 2. The molecule has 3 N–H and O–H groups in total. The molecule has 4 atom stereocenters. The van der Waals surface area contributed by atoms with Gasteiger partial charge in [0.05, 0.1) is 6.54 Å². The van der Waals surface area contributed by atoms with Crippen molar-refractivity contribution in [3.05, 3.63) is 42.5 Å². The van der Waals surface area contributed by atoms with Crippen molar-refractivity contribution in [1.29, 1.82) is 0 Å². The molecule has 2 saturated carbocycles. The van der Waals surface area contributed by atoms with Crippen molar-refractivity contribution >= 4 is 11.7 Å². The number of urea groups is 1. The van der Waals surface area contributed by atoms with Crippen molar-refractivity contribution in [3.63, 3.8) is 0 Å². The highest BCUT2D eigenvalue weighted by Gasteiger charge is 2.47. The minimum absolute atomic E-state index is 0.0752. The molecular formula is C18H23N5O2. The Morgan fingerprint density at radius 3 is 2.92 bits per heavy atom. The van der Waals surface area contributed by atoms with Crippen molar-refractivity contribution in [3.8, 4) is 0 Å². The average molecular weight is 341 g/mol. The fourth-order valence-corrected chi connectivity index (χ4v) is 4.48. The summed E-state index contributed by atoms with van der Waals surface area (Å²) in [4.78, 5) is 16.5. The van der Waals surface area contributed by atoms with Gasteiger partial charge in [0.25, 0.3) is 0 Å². The van der Waals surface area contributed by atoms with Crippen LogP contribution in [0.1, 0.15) is 24.8 Å². The molecule has 1 aromatic carbocycles. The summed E-state index contributed by atoms with van der Waals surface area (Å²) in [6, 6.07) is 7.55. The summed E-state index contributed by atoms with van der Waals surface area (Å²) >= 11 is 0. The molecule has 0 radical (unpaired) electrons. The molecule has 2 aromatic rings. The number of nitrogens with one attached hydrogen (secondary N) is 2. The molecule has 7 nitrogen and oxygen atoms in total. The maximum Gasteiger partial charge on any atom is 0.319 e. The van der Waals surface area contributed by atoms with Crippen molar-refractivity contribution in [1.82, 2.24) is 20.1 Å². The van der Waals surface area contributed by atoms with Crippen molar-refractivity contribution in [2.45, 2.75) is 31.8 Å². The first-order valence-electron chi connectivity index (χ1n) is 8.83. The lowest BCUT2D eigenvalue weighted by Gasteiger charge is -2.30. The minimum Gasteiger partial charge on any atom is -0.396 e. The molecule has 0 aliphatic heterocycles. The van der Waals surface area contributed by atoms with Crippen LogP contribution in [-0.4, -0.2) is 38.6 Å². The summed E-state index contributed by atoms with van der Waals surface area (Å²) in [5, 5.41) is 19.8. The molecule has 4 rings (SSSR count). The first-order chi connectivity index (χ1) is 12.2. The monoisotopic (exact) mass is 341 g/mol. The Labute approximate surface area is 146 Å². The van der Waals surface area contributed by atoms with Crippen LogP contribution in [-0.2, 0) is 6.54 Å². The second-order valence-electron chi connectivity index (χ2n) is 7.05. The van der Waals surface area contributed by atoms with Crippen LogP contribution in [0.5, 0.6) is 0 Å². The van der Waals surface area contributed by atoms with E-state index < -0.39 is 0 Å². The van der Waals surface area contributed by atoms with Crippen LogP contribution in [0.15, 0.2) is 36.9 Å². The van der Waals surface area contributed by atoms with Gasteiger partial charge in [-0.05, 0) is 42.7 Å². The van der Waals surface area contributed by atoms with E-state index in [1.807, 2.05) is 24.3 Å². The standard InChI is InChI=1S/C18H23N5O2/c24-9-15-12-5-6-13(7-12)17(15)22-18(25)21-16-4-2-1-3-14(16)8-23-11-19-10-20-23/h1-4,10-13,15,17,24H,5-9H2,(H2,21,22,25). The molecule has 0 saturated heterocycles. The molecule has 25 heavy (non-hydrogen) atoms. The van der Waals surface area contributed by atoms with Crippen molar-refractivity contribution in [2.75, 3.05) is 11.9 Å². The first kappa shape index (κ1) is 16.1. The Hall–Kier alpha value is -2.41. The van der Waals surface area contributed by atoms with Crippen LogP contribution in [0.3, 0.4) is 0 Å². The van der Waals surface area contributed by atoms with Gasteiger partial charge in [-0.25, -0.2) is 14.5 Å². The molecule has 2 aliphatic rings.